The van der Waals surface area contributed by atoms with Crippen molar-refractivity contribution in [2.75, 3.05) is 13.7 Å². The first-order valence-corrected chi connectivity index (χ1v) is 7.35. The highest BCUT2D eigenvalue weighted by molar-refractivity contribution is 6.33. The van der Waals surface area contributed by atoms with Gasteiger partial charge in [-0.25, -0.2) is 10.2 Å². The number of carbonyl (C=O) groups is 2. The standard InChI is InChI=1S/C17H15ClN2O4/c1-23-17(22)12-6-8-14(9-7-12)24-11-16(21)20-19-10-13-4-2-3-5-15(13)18/h2-10H,11H2,1H3,(H,20,21)/b19-10+. The Bertz CT molecular complexity index is 745. The van der Waals surface area contributed by atoms with E-state index in [0.717, 1.165) is 0 Å². The fourth-order valence-corrected chi connectivity index (χ4v) is 1.92. The number of hydrogen-bond donors (Lipinski definition) is 1. The van der Waals surface area contributed by atoms with Gasteiger partial charge in [-0.05, 0) is 30.3 Å². The largest absolute Gasteiger partial charge is 0.484 e. The average molecular weight is 347 g/mol. The fourth-order valence-electron chi connectivity index (χ4n) is 1.74. The summed E-state index contributed by atoms with van der Waals surface area (Å²) in [6, 6.07) is 13.4. The minimum atomic E-state index is -0.437. The summed E-state index contributed by atoms with van der Waals surface area (Å²) in [7, 11) is 1.31. The Balaban J connectivity index is 1.81. The summed E-state index contributed by atoms with van der Waals surface area (Å²) >= 11 is 5.96. The Labute approximate surface area is 144 Å². The summed E-state index contributed by atoms with van der Waals surface area (Å²) in [5.41, 5.74) is 3.43. The third-order valence-electron chi connectivity index (χ3n) is 2.94. The van der Waals surface area contributed by atoms with Gasteiger partial charge in [-0.2, -0.15) is 5.10 Å². The molecule has 0 aliphatic carbocycles. The van der Waals surface area contributed by atoms with Gasteiger partial charge in [0.1, 0.15) is 5.75 Å². The van der Waals surface area contributed by atoms with E-state index in [2.05, 4.69) is 15.3 Å². The first kappa shape index (κ1) is 17.5. The molecule has 24 heavy (non-hydrogen) atoms. The Hall–Kier alpha value is -2.86. The summed E-state index contributed by atoms with van der Waals surface area (Å²) < 4.78 is 9.89. The molecule has 0 saturated heterocycles. The second-order valence-electron chi connectivity index (χ2n) is 4.62. The van der Waals surface area contributed by atoms with Gasteiger partial charge in [-0.15, -0.1) is 0 Å². The molecule has 0 saturated carbocycles. The van der Waals surface area contributed by atoms with Gasteiger partial charge in [0.2, 0.25) is 0 Å². The summed E-state index contributed by atoms with van der Waals surface area (Å²) in [6.45, 7) is -0.211. The molecule has 0 spiro atoms. The number of benzene rings is 2. The number of carbonyl (C=O) groups excluding carboxylic acids is 2. The molecular formula is C17H15ClN2O4. The van der Waals surface area contributed by atoms with E-state index in [0.29, 0.717) is 21.9 Å². The van der Waals surface area contributed by atoms with E-state index in [9.17, 15) is 9.59 Å². The van der Waals surface area contributed by atoms with Crippen LogP contribution >= 0.6 is 11.6 Å². The monoisotopic (exact) mass is 346 g/mol. The van der Waals surface area contributed by atoms with Gasteiger partial charge in [-0.1, -0.05) is 29.8 Å². The Morgan fingerprint density at radius 1 is 1.17 bits per heavy atom. The maximum Gasteiger partial charge on any atom is 0.337 e. The Morgan fingerprint density at radius 2 is 1.88 bits per heavy atom. The highest BCUT2D eigenvalue weighted by Crippen LogP contribution is 2.13. The van der Waals surface area contributed by atoms with E-state index in [1.807, 2.05) is 6.07 Å². The van der Waals surface area contributed by atoms with Crippen LogP contribution in [0.3, 0.4) is 0 Å². The molecule has 1 N–H and O–H groups in total. The smallest absolute Gasteiger partial charge is 0.337 e. The van der Waals surface area contributed by atoms with Crippen molar-refractivity contribution in [2.24, 2.45) is 5.10 Å². The molecule has 2 rings (SSSR count). The van der Waals surface area contributed by atoms with Gasteiger partial charge in [0.15, 0.2) is 6.61 Å². The molecule has 0 fully saturated rings. The van der Waals surface area contributed by atoms with Crippen molar-refractivity contribution < 1.29 is 19.1 Å². The lowest BCUT2D eigenvalue weighted by molar-refractivity contribution is -0.123. The number of methoxy groups -OCH3 is 1. The molecule has 0 unspecified atom stereocenters. The van der Waals surface area contributed by atoms with Crippen LogP contribution in [0.1, 0.15) is 15.9 Å². The maximum absolute atomic E-state index is 11.7. The van der Waals surface area contributed by atoms with E-state index in [1.165, 1.54) is 13.3 Å². The third kappa shape index (κ3) is 5.10. The zero-order chi connectivity index (χ0) is 17.4. The van der Waals surface area contributed by atoms with Crippen molar-refractivity contribution in [2.45, 2.75) is 0 Å². The molecule has 0 aliphatic heterocycles. The number of esters is 1. The minimum absolute atomic E-state index is 0.211. The summed E-state index contributed by atoms with van der Waals surface area (Å²) in [4.78, 5) is 23.0. The van der Waals surface area contributed by atoms with Crippen LogP contribution in [0.5, 0.6) is 5.75 Å². The summed E-state index contributed by atoms with van der Waals surface area (Å²) in [6.07, 6.45) is 1.45. The molecule has 2 aromatic carbocycles. The van der Waals surface area contributed by atoms with E-state index in [1.54, 1.807) is 42.5 Å². The number of hydrazone groups is 1. The number of rotatable bonds is 6. The normalized spacial score (nSPS) is 10.4. The van der Waals surface area contributed by atoms with Crippen LogP contribution in [0, 0.1) is 0 Å². The van der Waals surface area contributed by atoms with Crippen molar-refractivity contribution in [1.29, 1.82) is 0 Å². The first-order chi connectivity index (χ1) is 11.6. The second-order valence-corrected chi connectivity index (χ2v) is 5.03. The minimum Gasteiger partial charge on any atom is -0.484 e. The summed E-state index contributed by atoms with van der Waals surface area (Å²) in [5.74, 6) is -0.406. The molecule has 0 aromatic heterocycles. The first-order valence-electron chi connectivity index (χ1n) is 6.98. The molecule has 0 radical (unpaired) electrons. The lowest BCUT2D eigenvalue weighted by Gasteiger charge is -2.05. The van der Waals surface area contributed by atoms with Crippen molar-refractivity contribution >= 4 is 29.7 Å². The van der Waals surface area contributed by atoms with Crippen molar-refractivity contribution in [3.63, 3.8) is 0 Å². The lowest BCUT2D eigenvalue weighted by atomic mass is 10.2. The van der Waals surface area contributed by atoms with Crippen molar-refractivity contribution in [3.05, 3.63) is 64.7 Å². The molecule has 0 bridgehead atoms. The van der Waals surface area contributed by atoms with E-state index < -0.39 is 11.9 Å². The molecule has 7 heteroatoms. The number of amides is 1. The average Bonchev–Trinajstić information content (AvgIpc) is 2.61. The highest BCUT2D eigenvalue weighted by Gasteiger charge is 2.06. The molecule has 2 aromatic rings. The van der Waals surface area contributed by atoms with Gasteiger partial charge in [-0.3, -0.25) is 4.79 Å². The number of ether oxygens (including phenoxy) is 2. The summed E-state index contributed by atoms with van der Waals surface area (Å²) in [5, 5.41) is 4.35. The number of nitrogens with zero attached hydrogens (tertiary/aromatic N) is 1. The molecule has 0 heterocycles. The Morgan fingerprint density at radius 3 is 2.54 bits per heavy atom. The predicted octanol–water partition coefficient (Wildman–Crippen LogP) is 2.66. The van der Waals surface area contributed by atoms with Crippen LogP contribution in [0.15, 0.2) is 53.6 Å². The van der Waals surface area contributed by atoms with Crippen LogP contribution in [-0.4, -0.2) is 31.8 Å². The van der Waals surface area contributed by atoms with Crippen LogP contribution < -0.4 is 10.2 Å². The highest BCUT2D eigenvalue weighted by atomic mass is 35.5. The maximum atomic E-state index is 11.7. The van der Waals surface area contributed by atoms with E-state index in [-0.39, 0.29) is 6.61 Å². The SMILES string of the molecule is COC(=O)c1ccc(OCC(=O)N/N=C/c2ccccc2Cl)cc1. The van der Waals surface area contributed by atoms with Crippen molar-refractivity contribution in [3.8, 4) is 5.75 Å². The molecular weight excluding hydrogens is 332 g/mol. The fraction of sp³-hybridized carbons (Fsp3) is 0.118. The van der Waals surface area contributed by atoms with Crippen LogP contribution in [0.2, 0.25) is 5.02 Å². The van der Waals surface area contributed by atoms with E-state index in [4.69, 9.17) is 16.3 Å². The van der Waals surface area contributed by atoms with Gasteiger partial charge < -0.3 is 9.47 Å². The third-order valence-corrected chi connectivity index (χ3v) is 3.29. The van der Waals surface area contributed by atoms with Crippen LogP contribution in [0.4, 0.5) is 0 Å². The van der Waals surface area contributed by atoms with Gasteiger partial charge in [0, 0.05) is 10.6 Å². The zero-order valence-corrected chi connectivity index (χ0v) is 13.6. The van der Waals surface area contributed by atoms with Crippen LogP contribution in [0.25, 0.3) is 0 Å². The molecule has 0 aliphatic rings. The van der Waals surface area contributed by atoms with Gasteiger partial charge >= 0.3 is 5.97 Å². The number of halogens is 1. The van der Waals surface area contributed by atoms with Gasteiger partial charge in [0.05, 0.1) is 18.9 Å². The second kappa shape index (κ2) is 8.69. The lowest BCUT2D eigenvalue weighted by Crippen LogP contribution is -2.24. The number of nitrogens with one attached hydrogen (secondary N) is 1. The molecule has 6 nitrogen and oxygen atoms in total. The van der Waals surface area contributed by atoms with E-state index >= 15 is 0 Å². The molecule has 124 valence electrons. The zero-order valence-electron chi connectivity index (χ0n) is 12.9. The van der Waals surface area contributed by atoms with Crippen molar-refractivity contribution in [1.82, 2.24) is 5.43 Å². The topological polar surface area (TPSA) is 77.0 Å². The Kier molecular flexibility index (Phi) is 6.33. The quantitative estimate of drug-likeness (QED) is 0.495. The van der Waals surface area contributed by atoms with Gasteiger partial charge in [0.25, 0.3) is 5.91 Å². The van der Waals surface area contributed by atoms with Crippen LogP contribution in [-0.2, 0) is 9.53 Å². The molecule has 1 amide bonds. The predicted molar refractivity (Wildman–Crippen MR) is 90.5 cm³/mol. The number of hydrogen-bond acceptors (Lipinski definition) is 5. The molecule has 0 atom stereocenters.